The summed E-state index contributed by atoms with van der Waals surface area (Å²) in [6, 6.07) is 8.90. The lowest BCUT2D eigenvalue weighted by Gasteiger charge is -2.11. The summed E-state index contributed by atoms with van der Waals surface area (Å²) in [4.78, 5) is 20.7. The van der Waals surface area contributed by atoms with E-state index in [0.717, 1.165) is 0 Å². The highest BCUT2D eigenvalue weighted by molar-refractivity contribution is 6.06. The van der Waals surface area contributed by atoms with Gasteiger partial charge in [0.15, 0.2) is 0 Å². The van der Waals surface area contributed by atoms with Crippen molar-refractivity contribution in [3.63, 3.8) is 0 Å². The van der Waals surface area contributed by atoms with Gasteiger partial charge >= 0.3 is 0 Å². The van der Waals surface area contributed by atoms with Crippen LogP contribution in [-0.2, 0) is 0 Å². The summed E-state index contributed by atoms with van der Waals surface area (Å²) in [5.41, 5.74) is 2.61. The van der Waals surface area contributed by atoms with Gasteiger partial charge in [-0.1, -0.05) is 12.1 Å². The number of para-hydroxylation sites is 1. The van der Waals surface area contributed by atoms with Gasteiger partial charge in [0.25, 0.3) is 5.91 Å². The highest BCUT2D eigenvalue weighted by atomic mass is 16.1. The second-order valence-corrected chi connectivity index (χ2v) is 4.43. The van der Waals surface area contributed by atoms with E-state index in [1.165, 1.54) is 0 Å². The van der Waals surface area contributed by atoms with E-state index in [-0.39, 0.29) is 5.91 Å². The molecule has 0 fully saturated rings. The average molecular weight is 266 g/mol. The third kappa shape index (κ3) is 2.64. The lowest BCUT2D eigenvalue weighted by Crippen LogP contribution is -2.18. The van der Waals surface area contributed by atoms with Crippen LogP contribution in [0.25, 0.3) is 0 Å². The number of nitrogens with one attached hydrogen (secondary N) is 1. The van der Waals surface area contributed by atoms with Gasteiger partial charge in [-0.25, -0.2) is 9.97 Å². The van der Waals surface area contributed by atoms with E-state index in [0.29, 0.717) is 34.0 Å². The zero-order valence-corrected chi connectivity index (χ0v) is 11.6. The zero-order chi connectivity index (χ0) is 14.7. The molecular formula is C15H14N4O. The number of hydrogen-bond donors (Lipinski definition) is 1. The fraction of sp³-hybridized carbons (Fsp3) is 0.200. The maximum Gasteiger partial charge on any atom is 0.259 e. The third-order valence-electron chi connectivity index (χ3n) is 2.91. The molecule has 5 nitrogen and oxygen atoms in total. The van der Waals surface area contributed by atoms with Crippen molar-refractivity contribution < 1.29 is 4.79 Å². The maximum atomic E-state index is 12.3. The average Bonchev–Trinajstić information content (AvgIpc) is 2.38. The van der Waals surface area contributed by atoms with Crippen molar-refractivity contribution in [3.05, 3.63) is 52.6 Å². The molecule has 1 heterocycles. The van der Waals surface area contributed by atoms with E-state index < -0.39 is 0 Å². The highest BCUT2D eigenvalue weighted by Crippen LogP contribution is 2.17. The van der Waals surface area contributed by atoms with Gasteiger partial charge in [0.05, 0.1) is 28.2 Å². The quantitative estimate of drug-likeness (QED) is 0.905. The number of carbonyl (C=O) groups excluding carboxylic acids is 1. The predicted molar refractivity (Wildman–Crippen MR) is 75.4 cm³/mol. The highest BCUT2D eigenvalue weighted by Gasteiger charge is 2.16. The first-order chi connectivity index (χ1) is 9.52. The summed E-state index contributed by atoms with van der Waals surface area (Å²) in [7, 11) is 0. The molecule has 0 aliphatic carbocycles. The number of carbonyl (C=O) groups is 1. The number of aromatic nitrogens is 2. The van der Waals surface area contributed by atoms with Crippen LogP contribution >= 0.6 is 0 Å². The number of nitriles is 1. The number of rotatable bonds is 2. The Kier molecular flexibility index (Phi) is 3.76. The second kappa shape index (κ2) is 5.49. The molecule has 1 N–H and O–H groups in total. The molecule has 5 heteroatoms. The normalized spacial score (nSPS) is 9.90. The summed E-state index contributed by atoms with van der Waals surface area (Å²) in [5.74, 6) is 0.330. The molecule has 20 heavy (non-hydrogen) atoms. The molecule has 100 valence electrons. The van der Waals surface area contributed by atoms with Gasteiger partial charge in [-0.15, -0.1) is 0 Å². The lowest BCUT2D eigenvalue weighted by atomic mass is 10.1. The standard InChI is InChI=1S/C15H14N4O/c1-9-14(10(2)18-11(3)17-9)15(20)19-13-7-5-4-6-12(13)8-16/h4-7H,1-3H3,(H,19,20). The van der Waals surface area contributed by atoms with Crippen molar-refractivity contribution in [2.45, 2.75) is 20.8 Å². The molecule has 0 atom stereocenters. The van der Waals surface area contributed by atoms with Crippen LogP contribution < -0.4 is 5.32 Å². The summed E-state index contributed by atoms with van der Waals surface area (Å²) < 4.78 is 0. The van der Waals surface area contributed by atoms with E-state index in [4.69, 9.17) is 5.26 Å². The Hall–Kier alpha value is -2.74. The summed E-state index contributed by atoms with van der Waals surface area (Å²) in [5, 5.41) is 11.8. The van der Waals surface area contributed by atoms with E-state index in [1.54, 1.807) is 45.0 Å². The summed E-state index contributed by atoms with van der Waals surface area (Å²) in [6.45, 7) is 5.33. The molecule has 0 aliphatic rings. The second-order valence-electron chi connectivity index (χ2n) is 4.43. The van der Waals surface area contributed by atoms with Crippen molar-refractivity contribution >= 4 is 11.6 Å². The van der Waals surface area contributed by atoms with E-state index in [9.17, 15) is 4.79 Å². The fourth-order valence-electron chi connectivity index (χ4n) is 2.09. The molecule has 1 aromatic carbocycles. The Bertz CT molecular complexity index is 693. The van der Waals surface area contributed by atoms with Gasteiger partial charge in [-0.3, -0.25) is 4.79 Å². The summed E-state index contributed by atoms with van der Waals surface area (Å²) >= 11 is 0. The minimum Gasteiger partial charge on any atom is -0.321 e. The molecule has 0 bridgehead atoms. The van der Waals surface area contributed by atoms with E-state index >= 15 is 0 Å². The Morgan fingerprint density at radius 2 is 1.75 bits per heavy atom. The Morgan fingerprint density at radius 3 is 2.35 bits per heavy atom. The van der Waals surface area contributed by atoms with Gasteiger partial charge < -0.3 is 5.32 Å². The topological polar surface area (TPSA) is 78.7 Å². The monoisotopic (exact) mass is 266 g/mol. The number of hydrogen-bond acceptors (Lipinski definition) is 4. The van der Waals surface area contributed by atoms with Crippen LogP contribution in [0.4, 0.5) is 5.69 Å². The van der Waals surface area contributed by atoms with Crippen molar-refractivity contribution in [2.24, 2.45) is 0 Å². The molecule has 0 unspecified atom stereocenters. The van der Waals surface area contributed by atoms with Crippen LogP contribution in [0.1, 0.15) is 33.1 Å². The largest absolute Gasteiger partial charge is 0.321 e. The maximum absolute atomic E-state index is 12.3. The van der Waals surface area contributed by atoms with Crippen LogP contribution in [-0.4, -0.2) is 15.9 Å². The van der Waals surface area contributed by atoms with Crippen LogP contribution in [0.5, 0.6) is 0 Å². The predicted octanol–water partition coefficient (Wildman–Crippen LogP) is 2.53. The molecule has 1 aromatic heterocycles. The van der Waals surface area contributed by atoms with Crippen molar-refractivity contribution in [1.82, 2.24) is 9.97 Å². The Morgan fingerprint density at radius 1 is 1.15 bits per heavy atom. The molecule has 0 spiro atoms. The SMILES string of the molecule is Cc1nc(C)c(C(=O)Nc2ccccc2C#N)c(C)n1. The molecule has 2 aromatic rings. The van der Waals surface area contributed by atoms with Crippen molar-refractivity contribution in [3.8, 4) is 6.07 Å². The van der Waals surface area contributed by atoms with Crippen LogP contribution in [0.2, 0.25) is 0 Å². The first kappa shape index (κ1) is 13.7. The van der Waals surface area contributed by atoms with Gasteiger partial charge in [-0.05, 0) is 32.9 Å². The van der Waals surface area contributed by atoms with Crippen molar-refractivity contribution in [2.75, 3.05) is 5.32 Å². The number of anilines is 1. The van der Waals surface area contributed by atoms with Gasteiger partial charge in [0, 0.05) is 0 Å². The van der Waals surface area contributed by atoms with Crippen LogP contribution in [0, 0.1) is 32.1 Å². The third-order valence-corrected chi connectivity index (χ3v) is 2.91. The van der Waals surface area contributed by atoms with Gasteiger partial charge in [0.1, 0.15) is 11.9 Å². The number of amides is 1. The first-order valence-electron chi connectivity index (χ1n) is 6.15. The molecule has 0 saturated heterocycles. The Balaban J connectivity index is 2.37. The van der Waals surface area contributed by atoms with Crippen LogP contribution in [0.3, 0.4) is 0 Å². The molecule has 0 radical (unpaired) electrons. The number of nitrogens with zero attached hydrogens (tertiary/aromatic N) is 3. The number of aryl methyl sites for hydroxylation is 3. The lowest BCUT2D eigenvalue weighted by molar-refractivity contribution is 0.102. The first-order valence-corrected chi connectivity index (χ1v) is 6.15. The fourth-order valence-corrected chi connectivity index (χ4v) is 2.09. The molecular weight excluding hydrogens is 252 g/mol. The molecule has 1 amide bonds. The molecule has 0 aliphatic heterocycles. The molecule has 2 rings (SSSR count). The van der Waals surface area contributed by atoms with Gasteiger partial charge in [-0.2, -0.15) is 5.26 Å². The van der Waals surface area contributed by atoms with E-state index in [1.807, 2.05) is 6.07 Å². The minimum atomic E-state index is -0.303. The van der Waals surface area contributed by atoms with Crippen LogP contribution in [0.15, 0.2) is 24.3 Å². The number of benzene rings is 1. The molecule has 0 saturated carbocycles. The van der Waals surface area contributed by atoms with E-state index in [2.05, 4.69) is 15.3 Å². The van der Waals surface area contributed by atoms with Gasteiger partial charge in [0.2, 0.25) is 0 Å². The summed E-state index contributed by atoms with van der Waals surface area (Å²) in [6.07, 6.45) is 0. The Labute approximate surface area is 117 Å². The minimum absolute atomic E-state index is 0.303. The zero-order valence-electron chi connectivity index (χ0n) is 11.6. The smallest absolute Gasteiger partial charge is 0.259 e. The van der Waals surface area contributed by atoms with Crippen molar-refractivity contribution in [1.29, 1.82) is 5.26 Å².